The fourth-order valence-corrected chi connectivity index (χ4v) is 2.09. The van der Waals surface area contributed by atoms with Gasteiger partial charge in [-0.15, -0.1) is 0 Å². The molecule has 0 saturated heterocycles. The molecule has 14 heavy (non-hydrogen) atoms. The smallest absolute Gasteiger partial charge is 0.389 e. The Morgan fingerprint density at radius 1 is 1.50 bits per heavy atom. The molecule has 3 unspecified atom stereocenters. The molecular weight excluding hydrogens is 193 g/mol. The summed E-state index contributed by atoms with van der Waals surface area (Å²) in [5.74, 6) is 0.155. The van der Waals surface area contributed by atoms with Crippen LogP contribution in [0.1, 0.15) is 13.3 Å². The fraction of sp³-hybridized carbons (Fsp3) is 0.600. The molecule has 2 aliphatic rings. The first-order valence-electron chi connectivity index (χ1n) is 4.59. The van der Waals surface area contributed by atoms with Crippen LogP contribution in [-0.2, 0) is 0 Å². The number of fused-ring (bicyclic) bond motifs is 1. The van der Waals surface area contributed by atoms with Crippen LogP contribution in [-0.4, -0.2) is 17.4 Å². The number of hydrogen-bond acceptors (Lipinski definition) is 1. The third kappa shape index (κ3) is 1.47. The van der Waals surface area contributed by atoms with E-state index in [4.69, 9.17) is 0 Å². The van der Waals surface area contributed by atoms with E-state index in [1.54, 1.807) is 6.08 Å². The number of allylic oxidation sites excluding steroid dienone is 3. The molecule has 0 aromatic rings. The van der Waals surface area contributed by atoms with Crippen molar-refractivity contribution in [3.05, 3.63) is 23.3 Å². The number of aliphatic hydroxyl groups is 1. The first-order chi connectivity index (χ1) is 6.41. The highest BCUT2D eigenvalue weighted by molar-refractivity contribution is 5.42. The van der Waals surface area contributed by atoms with Gasteiger partial charge in [0.25, 0.3) is 0 Å². The third-order valence-corrected chi connectivity index (χ3v) is 2.82. The number of aliphatic hydroxyl groups excluding tert-OH is 1. The summed E-state index contributed by atoms with van der Waals surface area (Å²) < 4.78 is 37.6. The summed E-state index contributed by atoms with van der Waals surface area (Å²) in [6.45, 7) is 1.40. The molecule has 2 aliphatic carbocycles. The van der Waals surface area contributed by atoms with Crippen LogP contribution in [0.25, 0.3) is 0 Å². The molecule has 0 aromatic carbocycles. The molecule has 78 valence electrons. The maximum atomic E-state index is 12.5. The quantitative estimate of drug-likeness (QED) is 0.695. The van der Waals surface area contributed by atoms with Crippen molar-refractivity contribution in [1.82, 2.24) is 0 Å². The highest BCUT2D eigenvalue weighted by atomic mass is 19.4. The molecule has 0 radical (unpaired) electrons. The van der Waals surface area contributed by atoms with Crippen molar-refractivity contribution >= 4 is 0 Å². The van der Waals surface area contributed by atoms with Gasteiger partial charge in [-0.25, -0.2) is 0 Å². The van der Waals surface area contributed by atoms with Gasteiger partial charge in [0, 0.05) is 0 Å². The average Bonchev–Trinajstić information content (AvgIpc) is 2.77. The van der Waals surface area contributed by atoms with Gasteiger partial charge in [0.05, 0.1) is 11.7 Å². The Labute approximate surface area is 79.9 Å². The zero-order chi connectivity index (χ0) is 10.5. The minimum absolute atomic E-state index is 0.0726. The highest BCUT2D eigenvalue weighted by Crippen LogP contribution is 2.52. The van der Waals surface area contributed by atoms with E-state index in [-0.39, 0.29) is 17.4 Å². The zero-order valence-electron chi connectivity index (χ0n) is 7.67. The summed E-state index contributed by atoms with van der Waals surface area (Å²) in [5.41, 5.74) is -0.476. The highest BCUT2D eigenvalue weighted by Gasteiger charge is 2.48. The van der Waals surface area contributed by atoms with E-state index in [9.17, 15) is 18.3 Å². The topological polar surface area (TPSA) is 20.2 Å². The lowest BCUT2D eigenvalue weighted by Gasteiger charge is -2.20. The second kappa shape index (κ2) is 2.86. The summed E-state index contributed by atoms with van der Waals surface area (Å²) in [6, 6.07) is 0. The normalized spacial score (nSPS) is 32.9. The average molecular weight is 204 g/mol. The van der Waals surface area contributed by atoms with Gasteiger partial charge in [-0.3, -0.25) is 0 Å². The molecule has 1 nitrogen and oxygen atoms in total. The molecular formula is C10H11F3O. The molecule has 0 spiro atoms. The van der Waals surface area contributed by atoms with Crippen LogP contribution >= 0.6 is 0 Å². The van der Waals surface area contributed by atoms with Crippen molar-refractivity contribution in [1.29, 1.82) is 0 Å². The molecule has 3 atom stereocenters. The van der Waals surface area contributed by atoms with Gasteiger partial charge in [0.1, 0.15) is 0 Å². The Balaban J connectivity index is 2.42. The van der Waals surface area contributed by atoms with Crippen molar-refractivity contribution < 1.29 is 18.3 Å². The lowest BCUT2D eigenvalue weighted by molar-refractivity contribution is -0.0904. The molecule has 4 heteroatoms. The van der Waals surface area contributed by atoms with Crippen LogP contribution in [0.15, 0.2) is 23.3 Å². The van der Waals surface area contributed by atoms with E-state index in [2.05, 4.69) is 0 Å². The van der Waals surface area contributed by atoms with Crippen LogP contribution in [0.3, 0.4) is 0 Å². The Morgan fingerprint density at radius 3 is 2.64 bits per heavy atom. The van der Waals surface area contributed by atoms with Crippen LogP contribution in [0.4, 0.5) is 13.2 Å². The van der Waals surface area contributed by atoms with Crippen molar-refractivity contribution in [2.45, 2.75) is 25.6 Å². The van der Waals surface area contributed by atoms with Crippen molar-refractivity contribution in [2.75, 3.05) is 0 Å². The Hall–Kier alpha value is -0.770. The molecule has 0 amide bonds. The standard InChI is InChI=1S/C10H11F3O/c1-5(14)9-7-4-6(7)2-3-8(9)10(11,12)13/h2-3,5-7,14H,4H2,1H3. The SMILES string of the molecule is CC(O)C1=C(C(F)(F)F)C=CC2CC12. The van der Waals surface area contributed by atoms with E-state index in [0.717, 1.165) is 12.5 Å². The first kappa shape index (κ1) is 9.77. The lowest BCUT2D eigenvalue weighted by atomic mass is 9.93. The van der Waals surface area contributed by atoms with Crippen molar-refractivity contribution in [2.24, 2.45) is 11.8 Å². The Kier molecular flexibility index (Phi) is 2.00. The minimum Gasteiger partial charge on any atom is -0.389 e. The fourth-order valence-electron chi connectivity index (χ4n) is 2.09. The van der Waals surface area contributed by atoms with E-state index >= 15 is 0 Å². The van der Waals surface area contributed by atoms with Crippen LogP contribution in [0, 0.1) is 11.8 Å². The summed E-state index contributed by atoms with van der Waals surface area (Å²) >= 11 is 0. The molecule has 0 bridgehead atoms. The predicted molar refractivity (Wildman–Crippen MR) is 45.5 cm³/mol. The monoisotopic (exact) mass is 204 g/mol. The van der Waals surface area contributed by atoms with Gasteiger partial charge in [-0.1, -0.05) is 12.2 Å². The lowest BCUT2D eigenvalue weighted by Crippen LogP contribution is -2.21. The van der Waals surface area contributed by atoms with Gasteiger partial charge < -0.3 is 5.11 Å². The molecule has 0 aliphatic heterocycles. The second-order valence-electron chi connectivity index (χ2n) is 3.91. The minimum atomic E-state index is -4.34. The van der Waals surface area contributed by atoms with E-state index in [1.807, 2.05) is 0 Å². The van der Waals surface area contributed by atoms with E-state index in [1.165, 1.54) is 6.92 Å². The van der Waals surface area contributed by atoms with Gasteiger partial charge in [-0.2, -0.15) is 13.2 Å². The van der Waals surface area contributed by atoms with Gasteiger partial charge in [0.2, 0.25) is 0 Å². The number of rotatable bonds is 1. The van der Waals surface area contributed by atoms with Gasteiger partial charge >= 0.3 is 6.18 Å². The molecule has 1 saturated carbocycles. The van der Waals surface area contributed by atoms with Crippen molar-refractivity contribution in [3.8, 4) is 0 Å². The Morgan fingerprint density at radius 2 is 2.14 bits per heavy atom. The molecule has 2 rings (SSSR count). The number of halogens is 3. The number of alkyl halides is 3. The molecule has 1 N–H and O–H groups in total. The summed E-state index contributed by atoms with van der Waals surface area (Å²) in [6.07, 6.45) is -1.88. The zero-order valence-corrected chi connectivity index (χ0v) is 7.67. The first-order valence-corrected chi connectivity index (χ1v) is 4.59. The molecule has 0 heterocycles. The van der Waals surface area contributed by atoms with E-state index in [0.29, 0.717) is 0 Å². The van der Waals surface area contributed by atoms with Gasteiger partial charge in [0.15, 0.2) is 0 Å². The predicted octanol–water partition coefficient (Wildman–Crippen LogP) is 2.43. The Bertz CT molecular complexity index is 312. The summed E-state index contributed by atoms with van der Waals surface area (Å²) in [7, 11) is 0. The largest absolute Gasteiger partial charge is 0.416 e. The molecule has 1 fully saturated rings. The van der Waals surface area contributed by atoms with Crippen LogP contribution in [0.5, 0.6) is 0 Å². The third-order valence-electron chi connectivity index (χ3n) is 2.82. The summed E-state index contributed by atoms with van der Waals surface area (Å²) in [4.78, 5) is 0. The molecule has 0 aromatic heterocycles. The van der Waals surface area contributed by atoms with Crippen LogP contribution < -0.4 is 0 Å². The number of hydrogen-bond donors (Lipinski definition) is 1. The maximum absolute atomic E-state index is 12.5. The van der Waals surface area contributed by atoms with E-state index < -0.39 is 17.9 Å². The maximum Gasteiger partial charge on any atom is 0.416 e. The van der Waals surface area contributed by atoms with Crippen LogP contribution in [0.2, 0.25) is 0 Å². The summed E-state index contributed by atoms with van der Waals surface area (Å²) in [5, 5.41) is 9.32. The second-order valence-corrected chi connectivity index (χ2v) is 3.91. The van der Waals surface area contributed by atoms with Gasteiger partial charge in [-0.05, 0) is 30.8 Å². The van der Waals surface area contributed by atoms with Crippen molar-refractivity contribution in [3.63, 3.8) is 0 Å².